The molecule has 3 rings (SSSR count). The fourth-order valence-electron chi connectivity index (χ4n) is 3.73. The highest BCUT2D eigenvalue weighted by molar-refractivity contribution is 5.75. The molecule has 0 bridgehead atoms. The summed E-state index contributed by atoms with van der Waals surface area (Å²) >= 11 is 0. The van der Waals surface area contributed by atoms with Gasteiger partial charge in [-0.05, 0) is 51.3 Å². The topological polar surface area (TPSA) is 57.7 Å². The van der Waals surface area contributed by atoms with Gasteiger partial charge in [0.15, 0.2) is 0 Å². The van der Waals surface area contributed by atoms with Gasteiger partial charge < -0.3 is 15.0 Å². The second-order valence-electron chi connectivity index (χ2n) is 7.36. The Labute approximate surface area is 150 Å². The van der Waals surface area contributed by atoms with Gasteiger partial charge in [0.05, 0.1) is 18.8 Å². The third-order valence-corrected chi connectivity index (χ3v) is 5.46. The zero-order chi connectivity index (χ0) is 17.8. The van der Waals surface area contributed by atoms with Crippen LogP contribution in [0.2, 0.25) is 0 Å². The molecule has 0 unspecified atom stereocenters. The summed E-state index contributed by atoms with van der Waals surface area (Å²) < 4.78 is 5.61. The van der Waals surface area contributed by atoms with Gasteiger partial charge in [0.25, 0.3) is 0 Å². The summed E-state index contributed by atoms with van der Waals surface area (Å²) in [7, 11) is 0. The second kappa shape index (κ2) is 8.15. The molecule has 25 heavy (non-hydrogen) atoms. The highest BCUT2D eigenvalue weighted by atomic mass is 16.5. The molecule has 6 nitrogen and oxygen atoms in total. The summed E-state index contributed by atoms with van der Waals surface area (Å²) in [4.78, 5) is 21.1. The van der Waals surface area contributed by atoms with Crippen molar-refractivity contribution < 1.29 is 9.53 Å². The highest BCUT2D eigenvalue weighted by Gasteiger charge is 2.30. The molecule has 0 spiro atoms. The number of amides is 2. The number of pyridine rings is 1. The van der Waals surface area contributed by atoms with Crippen LogP contribution in [0.5, 0.6) is 0 Å². The molecule has 138 valence electrons. The molecule has 3 atom stereocenters. The van der Waals surface area contributed by atoms with E-state index in [-0.39, 0.29) is 24.2 Å². The van der Waals surface area contributed by atoms with Gasteiger partial charge >= 0.3 is 6.03 Å². The second-order valence-corrected chi connectivity index (χ2v) is 7.36. The summed E-state index contributed by atoms with van der Waals surface area (Å²) in [6.07, 6.45) is 5.81. The van der Waals surface area contributed by atoms with Crippen molar-refractivity contribution in [3.05, 3.63) is 30.1 Å². The number of hydrogen-bond acceptors (Lipinski definition) is 4. The van der Waals surface area contributed by atoms with Crippen LogP contribution in [-0.4, -0.2) is 65.2 Å². The van der Waals surface area contributed by atoms with E-state index in [1.54, 1.807) is 0 Å². The molecular weight excluding hydrogens is 316 g/mol. The fourth-order valence-corrected chi connectivity index (χ4v) is 3.73. The smallest absolute Gasteiger partial charge is 0.318 e. The Morgan fingerprint density at radius 1 is 1.28 bits per heavy atom. The van der Waals surface area contributed by atoms with Crippen molar-refractivity contribution in [1.82, 2.24) is 20.1 Å². The molecule has 0 saturated carbocycles. The van der Waals surface area contributed by atoms with E-state index in [0.717, 1.165) is 25.9 Å². The Hall–Kier alpha value is -1.66. The Kier molecular flexibility index (Phi) is 5.91. The van der Waals surface area contributed by atoms with Crippen LogP contribution in [0.25, 0.3) is 0 Å². The Morgan fingerprint density at radius 3 is 2.64 bits per heavy atom. The molecule has 2 amide bonds. The lowest BCUT2D eigenvalue weighted by molar-refractivity contribution is -0.0324. The summed E-state index contributed by atoms with van der Waals surface area (Å²) in [5.41, 5.74) is 1.30. The lowest BCUT2D eigenvalue weighted by atomic mass is 10.0. The van der Waals surface area contributed by atoms with Crippen LogP contribution in [0.1, 0.15) is 45.2 Å². The number of hydrogen-bond donors (Lipinski definition) is 1. The maximum atomic E-state index is 12.6. The molecule has 1 N–H and O–H groups in total. The minimum absolute atomic E-state index is 0.0586. The van der Waals surface area contributed by atoms with E-state index in [4.69, 9.17) is 4.74 Å². The molecule has 1 aromatic heterocycles. The first kappa shape index (κ1) is 18.1. The molecule has 0 aromatic carbocycles. The third-order valence-electron chi connectivity index (χ3n) is 5.46. The predicted molar refractivity (Wildman–Crippen MR) is 97.4 cm³/mol. The van der Waals surface area contributed by atoms with E-state index in [2.05, 4.69) is 34.3 Å². The minimum atomic E-state index is 0.0586. The van der Waals surface area contributed by atoms with Gasteiger partial charge in [0.2, 0.25) is 0 Å². The normalized spacial score (nSPS) is 27.1. The Bertz CT molecular complexity index is 560. The highest BCUT2D eigenvalue weighted by Crippen LogP contribution is 2.24. The quantitative estimate of drug-likeness (QED) is 0.913. The van der Waals surface area contributed by atoms with Crippen LogP contribution in [0, 0.1) is 0 Å². The summed E-state index contributed by atoms with van der Waals surface area (Å²) in [5, 5.41) is 3.23. The lowest BCUT2D eigenvalue weighted by Crippen LogP contribution is -2.56. The van der Waals surface area contributed by atoms with Crippen LogP contribution in [0.15, 0.2) is 24.5 Å². The van der Waals surface area contributed by atoms with Crippen molar-refractivity contribution in [1.29, 1.82) is 0 Å². The van der Waals surface area contributed by atoms with Crippen LogP contribution < -0.4 is 5.32 Å². The predicted octanol–water partition coefficient (Wildman–Crippen LogP) is 2.43. The molecule has 0 aliphatic carbocycles. The van der Waals surface area contributed by atoms with Gasteiger partial charge in [-0.15, -0.1) is 0 Å². The van der Waals surface area contributed by atoms with Gasteiger partial charge in [-0.25, -0.2) is 4.79 Å². The van der Waals surface area contributed by atoms with E-state index in [0.29, 0.717) is 19.2 Å². The number of carbonyl (C=O) groups excluding carboxylic acids is 1. The van der Waals surface area contributed by atoms with Crippen LogP contribution in [-0.2, 0) is 4.74 Å². The number of nitrogens with zero attached hydrogens (tertiary/aromatic N) is 3. The maximum Gasteiger partial charge on any atom is 0.318 e. The Balaban J connectivity index is 1.48. The van der Waals surface area contributed by atoms with Crippen molar-refractivity contribution in [2.45, 2.75) is 57.8 Å². The molecule has 2 saturated heterocycles. The zero-order valence-electron chi connectivity index (χ0n) is 15.5. The van der Waals surface area contributed by atoms with E-state index < -0.39 is 0 Å². The molecular formula is C19H30N4O2. The zero-order valence-corrected chi connectivity index (χ0v) is 15.5. The molecule has 2 fully saturated rings. The maximum absolute atomic E-state index is 12.6. The summed E-state index contributed by atoms with van der Waals surface area (Å²) in [6, 6.07) is 5.02. The number of piperidine rings is 1. The first-order valence-corrected chi connectivity index (χ1v) is 9.37. The van der Waals surface area contributed by atoms with E-state index >= 15 is 0 Å². The first-order valence-electron chi connectivity index (χ1n) is 9.37. The minimum Gasteiger partial charge on any atom is -0.375 e. The van der Waals surface area contributed by atoms with E-state index in [9.17, 15) is 4.79 Å². The van der Waals surface area contributed by atoms with Crippen molar-refractivity contribution >= 4 is 6.03 Å². The van der Waals surface area contributed by atoms with Gasteiger partial charge in [-0.3, -0.25) is 9.88 Å². The van der Waals surface area contributed by atoms with Gasteiger partial charge in [-0.2, -0.15) is 0 Å². The Morgan fingerprint density at radius 2 is 1.96 bits per heavy atom. The van der Waals surface area contributed by atoms with Gasteiger partial charge in [-0.1, -0.05) is 0 Å². The average Bonchev–Trinajstić information content (AvgIpc) is 2.64. The van der Waals surface area contributed by atoms with Crippen molar-refractivity contribution in [3.8, 4) is 0 Å². The standard InChI is InChI=1S/C19H30N4O2/c1-14-13-25-15(2)12-23(14)19(24)21-18-6-10-22(11-7-18)16(3)17-4-8-20-9-5-17/h4-5,8-9,14-16,18H,6-7,10-13H2,1-3H3,(H,21,24)/t14-,15-,16-/m1/s1. The lowest BCUT2D eigenvalue weighted by Gasteiger charge is -2.40. The average molecular weight is 346 g/mol. The molecule has 0 radical (unpaired) electrons. The SMILES string of the molecule is C[C@@H]1CN(C(=O)NC2CCN([C@H](C)c3ccncc3)CC2)[C@H](C)CO1. The summed E-state index contributed by atoms with van der Waals surface area (Å²) in [6.45, 7) is 9.61. The largest absolute Gasteiger partial charge is 0.375 e. The number of rotatable bonds is 3. The molecule has 6 heteroatoms. The number of ether oxygens (including phenoxy) is 1. The number of likely N-dealkylation sites (tertiary alicyclic amines) is 1. The summed E-state index contributed by atoms with van der Waals surface area (Å²) in [5.74, 6) is 0. The number of morpholine rings is 1. The monoisotopic (exact) mass is 346 g/mol. The van der Waals surface area contributed by atoms with Gasteiger partial charge in [0.1, 0.15) is 0 Å². The van der Waals surface area contributed by atoms with Gasteiger partial charge in [0, 0.05) is 44.1 Å². The fraction of sp³-hybridized carbons (Fsp3) is 0.684. The van der Waals surface area contributed by atoms with Crippen LogP contribution in [0.3, 0.4) is 0 Å². The molecule has 2 aliphatic heterocycles. The number of urea groups is 1. The molecule has 2 aliphatic rings. The first-order chi connectivity index (χ1) is 12.0. The van der Waals surface area contributed by atoms with E-state index in [1.807, 2.05) is 31.1 Å². The van der Waals surface area contributed by atoms with Crippen LogP contribution in [0.4, 0.5) is 4.79 Å². The number of carbonyl (C=O) groups is 1. The molecule has 3 heterocycles. The van der Waals surface area contributed by atoms with Crippen LogP contribution >= 0.6 is 0 Å². The third kappa shape index (κ3) is 4.50. The van der Waals surface area contributed by atoms with Crippen molar-refractivity contribution in [2.24, 2.45) is 0 Å². The number of aromatic nitrogens is 1. The van der Waals surface area contributed by atoms with Crippen molar-refractivity contribution in [2.75, 3.05) is 26.2 Å². The molecule has 1 aromatic rings. The van der Waals surface area contributed by atoms with Crippen molar-refractivity contribution in [3.63, 3.8) is 0 Å². The number of nitrogens with one attached hydrogen (secondary N) is 1. The van der Waals surface area contributed by atoms with E-state index in [1.165, 1.54) is 5.56 Å².